The monoisotopic (exact) mass is 313 g/mol. The number of nitrogens with zero attached hydrogens (tertiary/aromatic N) is 4. The van der Waals surface area contributed by atoms with Crippen LogP contribution in [0.15, 0.2) is 23.0 Å². The smallest absolute Gasteiger partial charge is 0.274 e. The van der Waals surface area contributed by atoms with Gasteiger partial charge < -0.3 is 4.90 Å². The summed E-state index contributed by atoms with van der Waals surface area (Å²) < 4.78 is 1.55. The van der Waals surface area contributed by atoms with E-state index in [1.165, 1.54) is 12.8 Å². The summed E-state index contributed by atoms with van der Waals surface area (Å²) in [4.78, 5) is 25.9. The molecule has 1 N–H and O–H groups in total. The number of rotatable bonds is 4. The molecule has 0 unspecified atom stereocenters. The van der Waals surface area contributed by atoms with Gasteiger partial charge in [-0.25, -0.2) is 4.68 Å². The predicted molar refractivity (Wildman–Crippen MR) is 83.2 cm³/mol. The van der Waals surface area contributed by atoms with E-state index in [1.807, 2.05) is 13.0 Å². The van der Waals surface area contributed by atoms with Gasteiger partial charge in [0.15, 0.2) is 0 Å². The Kier molecular flexibility index (Phi) is 3.28. The van der Waals surface area contributed by atoms with Crippen molar-refractivity contribution in [3.8, 4) is 0 Å². The van der Waals surface area contributed by atoms with E-state index < -0.39 is 0 Å². The Hall–Kier alpha value is -2.44. The number of likely N-dealkylation sites (tertiary alicyclic amines) is 1. The van der Waals surface area contributed by atoms with E-state index in [9.17, 15) is 9.59 Å². The first-order chi connectivity index (χ1) is 11.1. The van der Waals surface area contributed by atoms with E-state index >= 15 is 0 Å². The highest BCUT2D eigenvalue weighted by Crippen LogP contribution is 2.38. The van der Waals surface area contributed by atoms with Crippen LogP contribution in [0.3, 0.4) is 0 Å². The first kappa shape index (κ1) is 14.2. The molecule has 2 fully saturated rings. The maximum absolute atomic E-state index is 12.2. The van der Waals surface area contributed by atoms with Crippen molar-refractivity contribution in [2.24, 2.45) is 5.92 Å². The highest BCUT2D eigenvalue weighted by atomic mass is 16.2. The van der Waals surface area contributed by atoms with Gasteiger partial charge in [0.1, 0.15) is 5.69 Å². The van der Waals surface area contributed by atoms with Crippen molar-refractivity contribution >= 4 is 5.91 Å². The molecular weight excluding hydrogens is 294 g/mol. The lowest BCUT2D eigenvalue weighted by Crippen LogP contribution is -2.52. The average molecular weight is 313 g/mol. The zero-order valence-corrected chi connectivity index (χ0v) is 13.0. The van der Waals surface area contributed by atoms with Crippen LogP contribution in [0.25, 0.3) is 0 Å². The average Bonchev–Trinajstić information content (AvgIpc) is 3.25. The molecule has 2 aliphatic rings. The van der Waals surface area contributed by atoms with E-state index in [0.29, 0.717) is 31.2 Å². The fourth-order valence-corrected chi connectivity index (χ4v) is 2.98. The number of carbonyl (C=O) groups excluding carboxylic acids is 1. The number of nitrogens with one attached hydrogen (secondary N) is 1. The second-order valence-electron chi connectivity index (χ2n) is 6.57. The summed E-state index contributed by atoms with van der Waals surface area (Å²) in [5.74, 6) is 0.750. The molecule has 23 heavy (non-hydrogen) atoms. The minimum absolute atomic E-state index is 0.0577. The van der Waals surface area contributed by atoms with Crippen LogP contribution in [0.5, 0.6) is 0 Å². The third-order valence-electron chi connectivity index (χ3n) is 4.48. The van der Waals surface area contributed by atoms with Crippen molar-refractivity contribution in [2.45, 2.75) is 32.2 Å². The first-order valence-electron chi connectivity index (χ1n) is 7.99. The number of H-pyrrole nitrogens is 1. The number of aromatic amines is 1. The van der Waals surface area contributed by atoms with Gasteiger partial charge in [-0.1, -0.05) is 0 Å². The van der Waals surface area contributed by atoms with Crippen molar-refractivity contribution in [3.63, 3.8) is 0 Å². The molecule has 1 saturated carbocycles. The number of amides is 1. The molecule has 2 aromatic rings. The number of hydrogen-bond donors (Lipinski definition) is 1. The van der Waals surface area contributed by atoms with Crippen LogP contribution in [0.2, 0.25) is 0 Å². The van der Waals surface area contributed by atoms with Gasteiger partial charge in [-0.3, -0.25) is 14.7 Å². The van der Waals surface area contributed by atoms with Crippen LogP contribution in [0.4, 0.5) is 0 Å². The molecule has 1 saturated heterocycles. The van der Waals surface area contributed by atoms with Crippen LogP contribution >= 0.6 is 0 Å². The minimum Gasteiger partial charge on any atom is -0.336 e. The Bertz CT molecular complexity index is 799. The molecule has 1 amide bonds. The Morgan fingerprint density at radius 3 is 2.78 bits per heavy atom. The molecular formula is C16H19N5O2. The summed E-state index contributed by atoms with van der Waals surface area (Å²) in [5.41, 5.74) is 2.27. The lowest BCUT2D eigenvalue weighted by molar-refractivity contribution is 0.0452. The molecule has 1 aliphatic carbocycles. The molecule has 7 heteroatoms. The fraction of sp³-hybridized carbons (Fsp3) is 0.500. The number of aryl methyl sites for hydroxylation is 1. The van der Waals surface area contributed by atoms with E-state index in [0.717, 1.165) is 11.4 Å². The van der Waals surface area contributed by atoms with Crippen LogP contribution in [0.1, 0.15) is 40.6 Å². The van der Waals surface area contributed by atoms with Crippen molar-refractivity contribution in [2.75, 3.05) is 13.1 Å². The lowest BCUT2D eigenvalue weighted by atomic mass is 9.99. The minimum atomic E-state index is -0.0675. The molecule has 0 bridgehead atoms. The molecule has 1 aliphatic heterocycles. The third-order valence-corrected chi connectivity index (χ3v) is 4.48. The quantitative estimate of drug-likeness (QED) is 0.910. The van der Waals surface area contributed by atoms with E-state index in [2.05, 4.69) is 15.3 Å². The summed E-state index contributed by atoms with van der Waals surface area (Å²) in [6.45, 7) is 3.73. The van der Waals surface area contributed by atoms with Crippen LogP contribution in [-0.2, 0) is 6.54 Å². The normalized spacial score (nSPS) is 18.0. The van der Waals surface area contributed by atoms with Gasteiger partial charge in [-0.15, -0.1) is 0 Å². The summed E-state index contributed by atoms with van der Waals surface area (Å²) in [6, 6.07) is 5.20. The largest absolute Gasteiger partial charge is 0.336 e. The van der Waals surface area contributed by atoms with Crippen molar-refractivity contribution in [1.29, 1.82) is 0 Å². The van der Waals surface area contributed by atoms with Gasteiger partial charge in [-0.05, 0) is 31.9 Å². The SMILES string of the molecule is Cc1cc(C(=O)N2CC(Cn3nc(C4CC4)ccc3=O)C2)n[nH]1. The van der Waals surface area contributed by atoms with Crippen LogP contribution < -0.4 is 5.56 Å². The van der Waals surface area contributed by atoms with Gasteiger partial charge in [0.2, 0.25) is 0 Å². The number of hydrogen-bond acceptors (Lipinski definition) is 4. The Morgan fingerprint density at radius 1 is 1.35 bits per heavy atom. The second-order valence-corrected chi connectivity index (χ2v) is 6.57. The van der Waals surface area contributed by atoms with Crippen molar-refractivity contribution < 1.29 is 4.79 Å². The fourth-order valence-electron chi connectivity index (χ4n) is 2.98. The van der Waals surface area contributed by atoms with Gasteiger partial charge in [-0.2, -0.15) is 10.2 Å². The van der Waals surface area contributed by atoms with Gasteiger partial charge in [0.25, 0.3) is 11.5 Å². The molecule has 0 atom stereocenters. The lowest BCUT2D eigenvalue weighted by Gasteiger charge is -2.38. The maximum Gasteiger partial charge on any atom is 0.274 e. The van der Waals surface area contributed by atoms with E-state index in [-0.39, 0.29) is 17.4 Å². The van der Waals surface area contributed by atoms with Crippen molar-refractivity contribution in [3.05, 3.63) is 45.6 Å². The van der Waals surface area contributed by atoms with Crippen LogP contribution in [-0.4, -0.2) is 43.9 Å². The van der Waals surface area contributed by atoms with E-state index in [4.69, 9.17) is 0 Å². The standard InChI is InChI=1S/C16H19N5O2/c1-10-6-14(18-17-10)16(23)20-7-11(8-20)9-21-15(22)5-4-13(19-21)12-2-3-12/h4-6,11-12H,2-3,7-9H2,1H3,(H,17,18). The topological polar surface area (TPSA) is 83.9 Å². The second kappa shape index (κ2) is 5.33. The van der Waals surface area contributed by atoms with Gasteiger partial charge in [0.05, 0.1) is 12.2 Å². The summed E-state index contributed by atoms with van der Waals surface area (Å²) in [6.07, 6.45) is 2.33. The number of carbonyl (C=O) groups is 1. The molecule has 2 aromatic heterocycles. The Morgan fingerprint density at radius 2 is 2.13 bits per heavy atom. The zero-order chi connectivity index (χ0) is 16.0. The first-order valence-corrected chi connectivity index (χ1v) is 7.99. The third kappa shape index (κ3) is 2.78. The molecule has 0 radical (unpaired) electrons. The molecule has 4 rings (SSSR count). The molecule has 3 heterocycles. The highest BCUT2D eigenvalue weighted by Gasteiger charge is 2.33. The number of aromatic nitrogens is 4. The zero-order valence-electron chi connectivity index (χ0n) is 13.0. The summed E-state index contributed by atoms with van der Waals surface area (Å²) >= 11 is 0. The van der Waals surface area contributed by atoms with Crippen LogP contribution in [0, 0.1) is 12.8 Å². The van der Waals surface area contributed by atoms with Crippen molar-refractivity contribution in [1.82, 2.24) is 24.9 Å². The molecule has 120 valence electrons. The Labute approximate surface area is 133 Å². The molecule has 0 spiro atoms. The molecule has 7 nitrogen and oxygen atoms in total. The molecule has 0 aromatic carbocycles. The maximum atomic E-state index is 12.2. The predicted octanol–water partition coefficient (Wildman–Crippen LogP) is 0.924. The van der Waals surface area contributed by atoms with Gasteiger partial charge >= 0.3 is 0 Å². The van der Waals surface area contributed by atoms with E-state index in [1.54, 1.807) is 21.7 Å². The highest BCUT2D eigenvalue weighted by molar-refractivity contribution is 5.92. The summed E-state index contributed by atoms with van der Waals surface area (Å²) in [7, 11) is 0. The van der Waals surface area contributed by atoms with Gasteiger partial charge in [0, 0.05) is 36.7 Å². The summed E-state index contributed by atoms with van der Waals surface area (Å²) in [5, 5.41) is 11.2. The Balaban J connectivity index is 1.38.